The van der Waals surface area contributed by atoms with E-state index in [1.165, 1.54) is 12.3 Å². The van der Waals surface area contributed by atoms with Gasteiger partial charge in [-0.05, 0) is 61.7 Å². The number of hydrogen-bond donors (Lipinski definition) is 0. The minimum atomic E-state index is -4.12. The van der Waals surface area contributed by atoms with E-state index < -0.39 is 10.1 Å². The van der Waals surface area contributed by atoms with Crippen molar-refractivity contribution >= 4 is 27.6 Å². The molecule has 3 aromatic rings. The third kappa shape index (κ3) is 5.29. The van der Waals surface area contributed by atoms with E-state index in [0.717, 1.165) is 12.0 Å². The summed E-state index contributed by atoms with van der Waals surface area (Å²) in [6, 6.07) is 14.7. The number of nitrogens with zero attached hydrogens (tertiary/aromatic N) is 1. The van der Waals surface area contributed by atoms with Crippen LogP contribution in [0.15, 0.2) is 70.2 Å². The first-order valence-electron chi connectivity index (χ1n) is 9.86. The molecular weight excluding hydrogens is 438 g/mol. The molecule has 1 atom stereocenters. The third-order valence-corrected chi connectivity index (χ3v) is 6.87. The van der Waals surface area contributed by atoms with Crippen molar-refractivity contribution in [3.8, 4) is 5.75 Å². The van der Waals surface area contributed by atoms with Crippen LogP contribution in [0.3, 0.4) is 0 Å². The van der Waals surface area contributed by atoms with Gasteiger partial charge < -0.3 is 13.5 Å². The maximum absolute atomic E-state index is 12.9. The van der Waals surface area contributed by atoms with Gasteiger partial charge in [-0.2, -0.15) is 8.42 Å². The molecule has 0 aliphatic heterocycles. The number of benzene rings is 2. The van der Waals surface area contributed by atoms with Crippen molar-refractivity contribution < 1.29 is 21.8 Å². The van der Waals surface area contributed by atoms with Crippen LogP contribution >= 0.6 is 11.6 Å². The molecule has 0 saturated carbocycles. The molecule has 6 nitrogen and oxygen atoms in total. The maximum atomic E-state index is 12.9. The highest BCUT2D eigenvalue weighted by molar-refractivity contribution is 7.87. The number of carbonyl (C=O) groups is 1. The average Bonchev–Trinajstić information content (AvgIpc) is 3.25. The molecule has 164 valence electrons. The van der Waals surface area contributed by atoms with Gasteiger partial charge >= 0.3 is 10.1 Å². The quantitative estimate of drug-likeness (QED) is 0.417. The normalized spacial score (nSPS) is 12.4. The predicted octanol–water partition coefficient (Wildman–Crippen LogP) is 5.45. The Bertz CT molecular complexity index is 1140. The van der Waals surface area contributed by atoms with Crippen LogP contribution in [-0.2, 0) is 16.7 Å². The molecule has 0 radical (unpaired) electrons. The molecule has 3 rings (SSSR count). The largest absolute Gasteiger partial charge is 0.459 e. The van der Waals surface area contributed by atoms with E-state index in [2.05, 4.69) is 0 Å². The van der Waals surface area contributed by atoms with Crippen molar-refractivity contribution in [3.63, 3.8) is 0 Å². The number of halogens is 1. The molecule has 0 bridgehead atoms. The van der Waals surface area contributed by atoms with Crippen molar-refractivity contribution in [1.82, 2.24) is 4.90 Å². The predicted molar refractivity (Wildman–Crippen MR) is 119 cm³/mol. The van der Waals surface area contributed by atoms with Crippen LogP contribution in [0.2, 0.25) is 5.02 Å². The molecule has 0 aliphatic carbocycles. The second-order valence-corrected chi connectivity index (χ2v) is 9.13. The Morgan fingerprint density at radius 3 is 2.55 bits per heavy atom. The monoisotopic (exact) mass is 461 g/mol. The van der Waals surface area contributed by atoms with E-state index in [4.69, 9.17) is 20.2 Å². The number of carbonyl (C=O) groups excluding carboxylic acids is 1. The minimum absolute atomic E-state index is 0.0447. The van der Waals surface area contributed by atoms with E-state index in [-0.39, 0.29) is 39.9 Å². The zero-order valence-electron chi connectivity index (χ0n) is 17.5. The summed E-state index contributed by atoms with van der Waals surface area (Å²) in [5, 5.41) is 0.100. The van der Waals surface area contributed by atoms with Crippen LogP contribution in [0, 0.1) is 6.92 Å². The summed E-state index contributed by atoms with van der Waals surface area (Å²) in [7, 11) is -4.12. The summed E-state index contributed by atoms with van der Waals surface area (Å²) >= 11 is 6.10. The van der Waals surface area contributed by atoms with Crippen LogP contribution < -0.4 is 4.18 Å². The second kappa shape index (κ2) is 9.58. The molecule has 0 N–H and O–H groups in total. The second-order valence-electron chi connectivity index (χ2n) is 7.24. The average molecular weight is 462 g/mol. The van der Waals surface area contributed by atoms with Gasteiger partial charge in [0.2, 0.25) is 0 Å². The molecule has 0 fully saturated rings. The Morgan fingerprint density at radius 1 is 1.16 bits per heavy atom. The van der Waals surface area contributed by atoms with Crippen molar-refractivity contribution in [2.45, 2.75) is 44.7 Å². The molecule has 8 heteroatoms. The smallest absolute Gasteiger partial charge is 0.340 e. The van der Waals surface area contributed by atoms with Crippen molar-refractivity contribution in [2.24, 2.45) is 0 Å². The molecular formula is C23H24ClNO5S. The third-order valence-electron chi connectivity index (χ3n) is 4.99. The Kier molecular flexibility index (Phi) is 7.08. The molecule has 0 aliphatic rings. The standard InChI is InChI=1S/C23H24ClNO5S/c1-4-17(3)25(23(26)21-12-7-13-29-21)15-18-9-6-10-19(14-18)30-31(27,28)22-16(2)8-5-11-20(22)24/h5-14,17H,4,15H2,1-3H3/t17-/m1/s1. The molecule has 0 spiro atoms. The van der Waals surface area contributed by atoms with Crippen LogP contribution in [-0.4, -0.2) is 25.3 Å². The molecule has 1 aromatic heterocycles. The van der Waals surface area contributed by atoms with Crippen LogP contribution in [0.4, 0.5) is 0 Å². The van der Waals surface area contributed by atoms with Gasteiger partial charge in [0.25, 0.3) is 5.91 Å². The van der Waals surface area contributed by atoms with Gasteiger partial charge in [-0.1, -0.05) is 42.8 Å². The van der Waals surface area contributed by atoms with Gasteiger partial charge in [0, 0.05) is 12.6 Å². The van der Waals surface area contributed by atoms with Gasteiger partial charge in [-0.15, -0.1) is 0 Å². The first kappa shape index (κ1) is 22.9. The Labute approximate surface area is 187 Å². The summed E-state index contributed by atoms with van der Waals surface area (Å²) < 4.78 is 36.2. The van der Waals surface area contributed by atoms with Crippen molar-refractivity contribution in [1.29, 1.82) is 0 Å². The summed E-state index contributed by atoms with van der Waals surface area (Å²) in [6.07, 6.45) is 2.21. The van der Waals surface area contributed by atoms with Crippen LogP contribution in [0.1, 0.15) is 41.9 Å². The Hall–Kier alpha value is -2.77. The SMILES string of the molecule is CC[C@@H](C)N(Cc1cccc(OS(=O)(=O)c2c(C)cccc2Cl)c1)C(=O)c1ccco1. The van der Waals surface area contributed by atoms with E-state index >= 15 is 0 Å². The fourth-order valence-corrected chi connectivity index (χ4v) is 4.90. The van der Waals surface area contributed by atoms with Gasteiger partial charge in [0.05, 0.1) is 11.3 Å². The summed E-state index contributed by atoms with van der Waals surface area (Å²) in [4.78, 5) is 14.5. The van der Waals surface area contributed by atoms with E-state index in [1.807, 2.05) is 19.9 Å². The van der Waals surface area contributed by atoms with Crippen LogP contribution in [0.25, 0.3) is 0 Å². The fourth-order valence-electron chi connectivity index (χ4n) is 3.18. The van der Waals surface area contributed by atoms with E-state index in [9.17, 15) is 13.2 Å². The zero-order chi connectivity index (χ0) is 22.6. The fraction of sp³-hybridized carbons (Fsp3) is 0.261. The highest BCUT2D eigenvalue weighted by atomic mass is 35.5. The lowest BCUT2D eigenvalue weighted by Gasteiger charge is -2.28. The highest BCUT2D eigenvalue weighted by Gasteiger charge is 2.25. The Morgan fingerprint density at radius 2 is 1.90 bits per heavy atom. The molecule has 1 heterocycles. The van der Waals surface area contributed by atoms with Crippen LogP contribution in [0.5, 0.6) is 5.75 Å². The summed E-state index contributed by atoms with van der Waals surface area (Å²) in [5.74, 6) is 0.167. The molecule has 1 amide bonds. The zero-order valence-corrected chi connectivity index (χ0v) is 19.1. The van der Waals surface area contributed by atoms with E-state index in [0.29, 0.717) is 5.56 Å². The van der Waals surface area contributed by atoms with Crippen molar-refractivity contribution in [3.05, 3.63) is 82.8 Å². The first-order valence-corrected chi connectivity index (χ1v) is 11.6. The molecule has 0 unspecified atom stereocenters. The lowest BCUT2D eigenvalue weighted by atomic mass is 10.1. The highest BCUT2D eigenvalue weighted by Crippen LogP contribution is 2.28. The van der Waals surface area contributed by atoms with Gasteiger partial charge in [0.15, 0.2) is 5.76 Å². The van der Waals surface area contributed by atoms with Gasteiger partial charge in [-0.3, -0.25) is 4.79 Å². The minimum Gasteiger partial charge on any atom is -0.459 e. The first-order chi connectivity index (χ1) is 14.7. The topological polar surface area (TPSA) is 76.8 Å². The summed E-state index contributed by atoms with van der Waals surface area (Å²) in [5.41, 5.74) is 1.22. The van der Waals surface area contributed by atoms with E-state index in [1.54, 1.807) is 54.3 Å². The Balaban J connectivity index is 1.86. The molecule has 2 aromatic carbocycles. The summed E-state index contributed by atoms with van der Waals surface area (Å²) in [6.45, 7) is 5.87. The van der Waals surface area contributed by atoms with Crippen molar-refractivity contribution in [2.75, 3.05) is 0 Å². The van der Waals surface area contributed by atoms with Gasteiger partial charge in [-0.25, -0.2) is 0 Å². The maximum Gasteiger partial charge on any atom is 0.340 e. The lowest BCUT2D eigenvalue weighted by Crippen LogP contribution is -2.37. The number of hydrogen-bond acceptors (Lipinski definition) is 5. The number of aryl methyl sites for hydroxylation is 1. The number of rotatable bonds is 8. The molecule has 31 heavy (non-hydrogen) atoms. The molecule has 0 saturated heterocycles. The number of amides is 1. The lowest BCUT2D eigenvalue weighted by molar-refractivity contribution is 0.0638. The van der Waals surface area contributed by atoms with Gasteiger partial charge in [0.1, 0.15) is 10.6 Å². The number of furan rings is 1.